The number of nitro groups is 1. The smallest absolute Gasteiger partial charge is 0.309 e. The molecule has 29 heavy (non-hydrogen) atoms. The van der Waals surface area contributed by atoms with Crippen LogP contribution in [-0.4, -0.2) is 34.2 Å². The van der Waals surface area contributed by atoms with E-state index in [0.29, 0.717) is 17.0 Å². The number of hydrogen-bond acceptors (Lipinski definition) is 7. The van der Waals surface area contributed by atoms with E-state index >= 15 is 0 Å². The predicted molar refractivity (Wildman–Crippen MR) is 107 cm³/mol. The van der Waals surface area contributed by atoms with Crippen LogP contribution in [0, 0.1) is 17.0 Å². The lowest BCUT2D eigenvalue weighted by molar-refractivity contribution is -0.582. The molecule has 2 aromatic rings. The Balaban J connectivity index is 2.11. The van der Waals surface area contributed by atoms with Crippen LogP contribution in [0.4, 0.5) is 5.69 Å². The van der Waals surface area contributed by atoms with Crippen molar-refractivity contribution in [2.45, 2.75) is 44.9 Å². The number of hydrogen-bond donors (Lipinski definition) is 2. The molecule has 2 N–H and O–H groups in total. The summed E-state index contributed by atoms with van der Waals surface area (Å²) in [4.78, 5) is 24.0. The third-order valence-corrected chi connectivity index (χ3v) is 5.33. The minimum absolute atomic E-state index is 0.0124. The Labute approximate surface area is 168 Å². The van der Waals surface area contributed by atoms with E-state index in [1.165, 1.54) is 13.0 Å². The van der Waals surface area contributed by atoms with E-state index in [0.717, 1.165) is 5.56 Å². The van der Waals surface area contributed by atoms with Crippen LogP contribution in [-0.2, 0) is 9.53 Å². The summed E-state index contributed by atoms with van der Waals surface area (Å²) in [6.07, 6.45) is -1.33. The van der Waals surface area contributed by atoms with E-state index in [9.17, 15) is 20.0 Å². The van der Waals surface area contributed by atoms with Gasteiger partial charge in [0.05, 0.1) is 18.7 Å². The van der Waals surface area contributed by atoms with Crippen molar-refractivity contribution in [3.63, 3.8) is 0 Å². The number of carbonyl (C=O) groups excluding carboxylic acids is 1. The van der Waals surface area contributed by atoms with Gasteiger partial charge in [-0.3, -0.25) is 14.9 Å². The number of ether oxygens (including phenoxy) is 2. The molecule has 0 fully saturated rings. The molecule has 0 bridgehead atoms. The Kier molecular flexibility index (Phi) is 5.63. The normalized spacial score (nSPS) is 22.9. The average Bonchev–Trinajstić information content (AvgIpc) is 2.67. The number of nitrogens with one attached hydrogen (secondary N) is 1. The Hall–Kier alpha value is -3.29. The fraction of sp³-hybridized carbons (Fsp3) is 0.381. The second kappa shape index (κ2) is 7.98. The summed E-state index contributed by atoms with van der Waals surface area (Å²) in [5, 5.41) is 25.8. The molecule has 0 saturated heterocycles. The quantitative estimate of drug-likeness (QED) is 0.330. The molecule has 1 aliphatic rings. The molecule has 1 heterocycles. The molecule has 154 valence electrons. The maximum absolute atomic E-state index is 12.3. The SMILES string of the molecule is CCOC(=O)C[C@@H]1Oc2ccccc2[C@H](Nc2c(C)cccc2O)[C@@]1(C)[N+](=O)[O-]. The summed E-state index contributed by atoms with van der Waals surface area (Å²) in [6, 6.07) is 11.1. The molecule has 0 unspecified atom stereocenters. The van der Waals surface area contributed by atoms with E-state index in [-0.39, 0.29) is 18.8 Å². The molecular formula is C21H24N2O6. The van der Waals surface area contributed by atoms with Gasteiger partial charge in [0.2, 0.25) is 0 Å². The van der Waals surface area contributed by atoms with Crippen LogP contribution in [0.2, 0.25) is 0 Å². The van der Waals surface area contributed by atoms with Crippen molar-refractivity contribution in [1.82, 2.24) is 0 Å². The molecular weight excluding hydrogens is 376 g/mol. The van der Waals surface area contributed by atoms with Crippen molar-refractivity contribution < 1.29 is 24.3 Å². The minimum atomic E-state index is -1.70. The molecule has 8 heteroatoms. The van der Waals surface area contributed by atoms with Gasteiger partial charge in [0.25, 0.3) is 5.54 Å². The number of rotatable bonds is 6. The zero-order valence-corrected chi connectivity index (χ0v) is 16.5. The van der Waals surface area contributed by atoms with Crippen LogP contribution in [0.25, 0.3) is 0 Å². The van der Waals surface area contributed by atoms with Gasteiger partial charge in [-0.2, -0.15) is 0 Å². The molecule has 0 amide bonds. The number of benzene rings is 2. The van der Waals surface area contributed by atoms with Crippen LogP contribution in [0.5, 0.6) is 11.5 Å². The molecule has 3 atom stereocenters. The lowest BCUT2D eigenvalue weighted by Gasteiger charge is -2.41. The number of aromatic hydroxyl groups is 1. The Morgan fingerprint density at radius 3 is 2.69 bits per heavy atom. The molecule has 0 saturated carbocycles. The van der Waals surface area contributed by atoms with E-state index in [1.807, 2.05) is 0 Å². The van der Waals surface area contributed by atoms with E-state index in [4.69, 9.17) is 9.47 Å². The van der Waals surface area contributed by atoms with Crippen molar-refractivity contribution >= 4 is 11.7 Å². The van der Waals surface area contributed by atoms with Gasteiger partial charge in [0.1, 0.15) is 17.5 Å². The number of nitrogens with zero attached hydrogens (tertiary/aromatic N) is 1. The largest absolute Gasteiger partial charge is 0.506 e. The molecule has 2 aromatic carbocycles. The van der Waals surface area contributed by atoms with Crippen LogP contribution in [0.15, 0.2) is 42.5 Å². The Morgan fingerprint density at radius 1 is 1.31 bits per heavy atom. The first-order valence-corrected chi connectivity index (χ1v) is 9.39. The summed E-state index contributed by atoms with van der Waals surface area (Å²) in [5.74, 6) is -0.129. The summed E-state index contributed by atoms with van der Waals surface area (Å²) in [5.41, 5.74) is 0.0174. The van der Waals surface area contributed by atoms with Gasteiger partial charge in [-0.05, 0) is 31.5 Å². The first-order valence-electron chi connectivity index (χ1n) is 9.39. The van der Waals surface area contributed by atoms with Crippen molar-refractivity contribution in [3.8, 4) is 11.5 Å². The molecule has 0 aromatic heterocycles. The van der Waals surface area contributed by atoms with Gasteiger partial charge in [-0.1, -0.05) is 30.3 Å². The van der Waals surface area contributed by atoms with Crippen molar-refractivity contribution in [2.24, 2.45) is 0 Å². The van der Waals surface area contributed by atoms with E-state index in [1.54, 1.807) is 50.2 Å². The summed E-state index contributed by atoms with van der Waals surface area (Å²) >= 11 is 0. The monoisotopic (exact) mass is 400 g/mol. The summed E-state index contributed by atoms with van der Waals surface area (Å²) in [6.45, 7) is 5.09. The van der Waals surface area contributed by atoms with Gasteiger partial charge < -0.3 is 19.9 Å². The van der Waals surface area contributed by atoms with Crippen molar-refractivity contribution in [3.05, 3.63) is 63.7 Å². The number of phenols is 1. The van der Waals surface area contributed by atoms with Gasteiger partial charge in [-0.15, -0.1) is 0 Å². The molecule has 8 nitrogen and oxygen atoms in total. The minimum Gasteiger partial charge on any atom is -0.506 e. The fourth-order valence-electron chi connectivity index (χ4n) is 3.65. The second-order valence-electron chi connectivity index (χ2n) is 7.18. The zero-order valence-electron chi connectivity index (χ0n) is 16.5. The van der Waals surface area contributed by atoms with Crippen LogP contribution < -0.4 is 10.1 Å². The standard InChI is InChI=1S/C21H24N2O6/c1-4-28-18(25)12-17-21(3,23(26)27)20(14-9-5-6-11-16(14)29-17)22-19-13(2)8-7-10-15(19)24/h5-11,17,20,22,24H,4,12H2,1-3H3/t17-,20-,21-/m0/s1. The Morgan fingerprint density at radius 2 is 2.03 bits per heavy atom. The molecule has 0 spiro atoms. The number of para-hydroxylation sites is 2. The van der Waals surface area contributed by atoms with Crippen LogP contribution in [0.1, 0.15) is 37.4 Å². The van der Waals surface area contributed by atoms with Gasteiger partial charge in [-0.25, -0.2) is 0 Å². The highest BCUT2D eigenvalue weighted by molar-refractivity contribution is 5.71. The topological polar surface area (TPSA) is 111 Å². The molecule has 0 radical (unpaired) electrons. The second-order valence-corrected chi connectivity index (χ2v) is 7.18. The van der Waals surface area contributed by atoms with Gasteiger partial charge in [0, 0.05) is 17.4 Å². The number of phenolic OH excluding ortho intramolecular Hbond substituents is 1. The lowest BCUT2D eigenvalue weighted by Crippen LogP contribution is -2.59. The highest BCUT2D eigenvalue weighted by Gasteiger charge is 2.59. The van der Waals surface area contributed by atoms with Crippen LogP contribution >= 0.6 is 0 Å². The number of anilines is 1. The number of carbonyl (C=O) groups is 1. The Bertz CT molecular complexity index is 911. The lowest BCUT2D eigenvalue weighted by atomic mass is 9.78. The predicted octanol–water partition coefficient (Wildman–Crippen LogP) is 3.60. The summed E-state index contributed by atoms with van der Waals surface area (Å²) in [7, 11) is 0. The summed E-state index contributed by atoms with van der Waals surface area (Å²) < 4.78 is 10.9. The highest BCUT2D eigenvalue weighted by Crippen LogP contribution is 2.46. The van der Waals surface area contributed by atoms with E-state index in [2.05, 4.69) is 5.32 Å². The molecule has 0 aliphatic carbocycles. The van der Waals surface area contributed by atoms with Gasteiger partial charge in [0.15, 0.2) is 6.10 Å². The zero-order chi connectivity index (χ0) is 21.2. The number of aryl methyl sites for hydroxylation is 1. The average molecular weight is 400 g/mol. The maximum Gasteiger partial charge on any atom is 0.309 e. The third-order valence-electron chi connectivity index (χ3n) is 5.33. The van der Waals surface area contributed by atoms with Crippen LogP contribution in [0.3, 0.4) is 0 Å². The van der Waals surface area contributed by atoms with Crippen molar-refractivity contribution in [2.75, 3.05) is 11.9 Å². The van der Waals surface area contributed by atoms with Gasteiger partial charge >= 0.3 is 5.97 Å². The number of esters is 1. The highest BCUT2D eigenvalue weighted by atomic mass is 16.6. The third kappa shape index (κ3) is 3.70. The fourth-order valence-corrected chi connectivity index (χ4v) is 3.65. The molecule has 3 rings (SSSR count). The van der Waals surface area contributed by atoms with E-state index < -0.39 is 28.6 Å². The number of fused-ring (bicyclic) bond motifs is 1. The first-order chi connectivity index (χ1) is 13.8. The first kappa shape index (κ1) is 20.4. The van der Waals surface area contributed by atoms with Crippen molar-refractivity contribution in [1.29, 1.82) is 0 Å². The molecule has 1 aliphatic heterocycles. The maximum atomic E-state index is 12.3.